The number of alkyl halides is 1. The van der Waals surface area contributed by atoms with Gasteiger partial charge in [0.2, 0.25) is 0 Å². The molecule has 0 aliphatic heterocycles. The number of ether oxygens (including phenoxy) is 1. The van der Waals surface area contributed by atoms with Crippen molar-refractivity contribution in [1.82, 2.24) is 4.98 Å². The van der Waals surface area contributed by atoms with Gasteiger partial charge in [0, 0.05) is 18.3 Å². The molecule has 1 heterocycles. The van der Waals surface area contributed by atoms with Crippen molar-refractivity contribution >= 4 is 11.6 Å². The Morgan fingerprint density at radius 2 is 1.84 bits per heavy atom. The van der Waals surface area contributed by atoms with Gasteiger partial charge in [0.25, 0.3) is 0 Å². The van der Waals surface area contributed by atoms with Crippen molar-refractivity contribution in [2.45, 2.75) is 18.2 Å². The Morgan fingerprint density at radius 1 is 1.16 bits per heavy atom. The molecule has 0 aliphatic carbocycles. The topological polar surface area (TPSA) is 22.1 Å². The Bertz CT molecular complexity index is 547. The van der Waals surface area contributed by atoms with E-state index in [1.165, 1.54) is 13.2 Å². The van der Waals surface area contributed by atoms with Crippen LogP contribution >= 0.6 is 11.6 Å². The van der Waals surface area contributed by atoms with E-state index in [1.807, 2.05) is 19.1 Å². The van der Waals surface area contributed by atoms with Gasteiger partial charge in [-0.2, -0.15) is 0 Å². The highest BCUT2D eigenvalue weighted by molar-refractivity contribution is 6.21. The van der Waals surface area contributed by atoms with Crippen molar-refractivity contribution in [1.29, 1.82) is 0 Å². The normalized spacial score (nSPS) is 13.9. The average molecular weight is 280 g/mol. The van der Waals surface area contributed by atoms with Crippen LogP contribution < -0.4 is 4.74 Å². The van der Waals surface area contributed by atoms with Crippen molar-refractivity contribution < 1.29 is 9.13 Å². The second kappa shape index (κ2) is 6.02. The van der Waals surface area contributed by atoms with Gasteiger partial charge in [-0.1, -0.05) is 13.0 Å². The first-order valence-electron chi connectivity index (χ1n) is 6.01. The molecular formula is C15H15ClFNO. The van der Waals surface area contributed by atoms with E-state index in [-0.39, 0.29) is 17.0 Å². The lowest BCUT2D eigenvalue weighted by atomic mass is 9.94. The van der Waals surface area contributed by atoms with E-state index in [4.69, 9.17) is 16.3 Å². The molecule has 0 spiro atoms. The minimum absolute atomic E-state index is 0.0671. The van der Waals surface area contributed by atoms with Gasteiger partial charge in [-0.15, -0.1) is 11.6 Å². The summed E-state index contributed by atoms with van der Waals surface area (Å²) in [6.45, 7) is 2.01. The highest BCUT2D eigenvalue weighted by Crippen LogP contribution is 2.37. The molecule has 100 valence electrons. The lowest BCUT2D eigenvalue weighted by Gasteiger charge is -2.19. The first-order chi connectivity index (χ1) is 9.13. The summed E-state index contributed by atoms with van der Waals surface area (Å²) in [5.74, 6) is -0.103. The van der Waals surface area contributed by atoms with Crippen LogP contribution in [0.1, 0.15) is 29.3 Å². The molecule has 0 saturated heterocycles. The van der Waals surface area contributed by atoms with Crippen LogP contribution in [0.25, 0.3) is 0 Å². The molecule has 0 amide bonds. The van der Waals surface area contributed by atoms with E-state index in [0.717, 1.165) is 11.1 Å². The van der Waals surface area contributed by atoms with Crippen LogP contribution in [0.5, 0.6) is 5.75 Å². The van der Waals surface area contributed by atoms with E-state index in [2.05, 4.69) is 4.98 Å². The summed E-state index contributed by atoms with van der Waals surface area (Å²) in [5, 5.41) is -0.303. The van der Waals surface area contributed by atoms with E-state index < -0.39 is 5.82 Å². The Morgan fingerprint density at radius 3 is 2.42 bits per heavy atom. The van der Waals surface area contributed by atoms with Crippen molar-refractivity contribution in [3.8, 4) is 5.75 Å². The zero-order valence-corrected chi connectivity index (χ0v) is 11.6. The minimum Gasteiger partial charge on any atom is -0.494 e. The van der Waals surface area contributed by atoms with Crippen LogP contribution in [0.4, 0.5) is 4.39 Å². The number of hydrogen-bond donors (Lipinski definition) is 0. The molecule has 0 N–H and O–H groups in total. The number of benzene rings is 1. The van der Waals surface area contributed by atoms with Gasteiger partial charge in [0.15, 0.2) is 11.6 Å². The Balaban J connectivity index is 2.24. The third kappa shape index (κ3) is 3.04. The molecule has 0 aliphatic rings. The number of aromatic nitrogens is 1. The quantitative estimate of drug-likeness (QED) is 0.778. The highest BCUT2D eigenvalue weighted by atomic mass is 35.5. The number of rotatable bonds is 4. The Kier molecular flexibility index (Phi) is 4.38. The first kappa shape index (κ1) is 13.8. The van der Waals surface area contributed by atoms with Gasteiger partial charge in [0.05, 0.1) is 12.5 Å². The predicted octanol–water partition coefficient (Wildman–Crippen LogP) is 4.31. The number of methoxy groups -OCH3 is 1. The van der Waals surface area contributed by atoms with Crippen LogP contribution in [0.15, 0.2) is 42.7 Å². The molecule has 2 aromatic rings. The molecule has 2 rings (SSSR count). The molecule has 0 saturated carbocycles. The number of halogens is 2. The van der Waals surface area contributed by atoms with Gasteiger partial charge in [-0.25, -0.2) is 4.39 Å². The number of nitrogens with zero attached hydrogens (tertiary/aromatic N) is 1. The molecule has 4 heteroatoms. The van der Waals surface area contributed by atoms with Crippen LogP contribution in [-0.4, -0.2) is 12.1 Å². The van der Waals surface area contributed by atoms with Crippen molar-refractivity contribution in [2.75, 3.05) is 7.11 Å². The molecule has 0 fully saturated rings. The smallest absolute Gasteiger partial charge is 0.165 e. The summed E-state index contributed by atoms with van der Waals surface area (Å²) in [6.07, 6.45) is 3.45. The molecule has 19 heavy (non-hydrogen) atoms. The second-order valence-corrected chi connectivity index (χ2v) is 4.84. The van der Waals surface area contributed by atoms with E-state index >= 15 is 0 Å². The van der Waals surface area contributed by atoms with Crippen LogP contribution in [0.3, 0.4) is 0 Å². The maximum atomic E-state index is 13.7. The second-order valence-electron chi connectivity index (χ2n) is 4.36. The third-order valence-corrected chi connectivity index (χ3v) is 3.80. The molecule has 0 radical (unpaired) electrons. The summed E-state index contributed by atoms with van der Waals surface area (Å²) < 4.78 is 18.6. The number of pyridine rings is 1. The highest BCUT2D eigenvalue weighted by Gasteiger charge is 2.19. The molecular weight excluding hydrogens is 265 g/mol. The van der Waals surface area contributed by atoms with E-state index in [0.29, 0.717) is 0 Å². The van der Waals surface area contributed by atoms with Gasteiger partial charge in [-0.05, 0) is 35.4 Å². The Labute approximate surface area is 117 Å². The fraction of sp³-hybridized carbons (Fsp3) is 0.267. The fourth-order valence-corrected chi connectivity index (χ4v) is 2.26. The lowest BCUT2D eigenvalue weighted by Crippen LogP contribution is -2.03. The van der Waals surface area contributed by atoms with Gasteiger partial charge >= 0.3 is 0 Å². The fourth-order valence-electron chi connectivity index (χ4n) is 1.98. The zero-order valence-electron chi connectivity index (χ0n) is 10.8. The standard InChI is InChI=1S/C15H15ClFNO/c1-10(11-5-7-18-8-6-11)15(16)12-3-4-14(19-2)13(17)9-12/h3-10,15H,1-2H3. The van der Waals surface area contributed by atoms with E-state index in [9.17, 15) is 4.39 Å². The maximum absolute atomic E-state index is 13.7. The van der Waals surface area contributed by atoms with E-state index in [1.54, 1.807) is 24.5 Å². The molecule has 1 aromatic heterocycles. The average Bonchev–Trinajstić information content (AvgIpc) is 2.46. The summed E-state index contributed by atoms with van der Waals surface area (Å²) >= 11 is 6.43. The SMILES string of the molecule is COc1ccc(C(Cl)C(C)c2ccncc2)cc1F. The van der Waals surface area contributed by atoms with Crippen LogP contribution in [0.2, 0.25) is 0 Å². The molecule has 1 aromatic carbocycles. The maximum Gasteiger partial charge on any atom is 0.165 e. The lowest BCUT2D eigenvalue weighted by molar-refractivity contribution is 0.386. The minimum atomic E-state index is -0.396. The number of hydrogen-bond acceptors (Lipinski definition) is 2. The summed E-state index contributed by atoms with van der Waals surface area (Å²) in [7, 11) is 1.44. The first-order valence-corrected chi connectivity index (χ1v) is 6.44. The van der Waals surface area contributed by atoms with Gasteiger partial charge < -0.3 is 4.74 Å². The monoisotopic (exact) mass is 279 g/mol. The Hall–Kier alpha value is -1.61. The summed E-state index contributed by atoms with van der Waals surface area (Å²) in [5.41, 5.74) is 1.82. The molecule has 0 bridgehead atoms. The largest absolute Gasteiger partial charge is 0.494 e. The molecule has 2 unspecified atom stereocenters. The summed E-state index contributed by atoms with van der Waals surface area (Å²) in [4.78, 5) is 3.98. The van der Waals surface area contributed by atoms with Gasteiger partial charge in [-0.3, -0.25) is 4.98 Å². The van der Waals surface area contributed by atoms with Crippen LogP contribution in [-0.2, 0) is 0 Å². The van der Waals surface area contributed by atoms with Crippen molar-refractivity contribution in [3.05, 3.63) is 59.7 Å². The van der Waals surface area contributed by atoms with Crippen molar-refractivity contribution in [3.63, 3.8) is 0 Å². The molecule has 2 atom stereocenters. The van der Waals surface area contributed by atoms with Gasteiger partial charge in [0.1, 0.15) is 0 Å². The molecule has 2 nitrogen and oxygen atoms in total. The summed E-state index contributed by atoms with van der Waals surface area (Å²) in [6, 6.07) is 8.64. The zero-order chi connectivity index (χ0) is 13.8. The van der Waals surface area contributed by atoms with Crippen LogP contribution in [0, 0.1) is 5.82 Å². The van der Waals surface area contributed by atoms with Crippen molar-refractivity contribution in [2.24, 2.45) is 0 Å². The predicted molar refractivity (Wildman–Crippen MR) is 74.2 cm³/mol. The third-order valence-electron chi connectivity index (χ3n) is 3.17.